The standard InChI is InChI=1S/C21H18FN5O3S/c1-2-30-14-9-7-13(8-10-14)23-19(29)12-31-21-25-20(15-5-3-4-6-16(15)22)24-17-11-18(28)26-27(17)21/h3-11H,2,12H2,1H3,(H,23,29)(H,26,28). The smallest absolute Gasteiger partial charge is 0.266 e. The number of carbonyl (C=O) groups excluding carboxylic acids is 1. The fourth-order valence-electron chi connectivity index (χ4n) is 2.87. The Bertz CT molecular complexity index is 1290. The van der Waals surface area contributed by atoms with Crippen molar-refractivity contribution >= 4 is 29.0 Å². The summed E-state index contributed by atoms with van der Waals surface area (Å²) in [7, 11) is 0. The molecule has 1 amide bonds. The molecule has 31 heavy (non-hydrogen) atoms. The third-order valence-electron chi connectivity index (χ3n) is 4.22. The molecule has 0 aliphatic carbocycles. The van der Waals surface area contributed by atoms with Gasteiger partial charge in [-0.2, -0.15) is 0 Å². The van der Waals surface area contributed by atoms with E-state index in [4.69, 9.17) is 4.74 Å². The fraction of sp³-hybridized carbons (Fsp3) is 0.143. The zero-order chi connectivity index (χ0) is 21.8. The number of halogens is 1. The van der Waals surface area contributed by atoms with E-state index >= 15 is 0 Å². The highest BCUT2D eigenvalue weighted by Gasteiger charge is 2.15. The summed E-state index contributed by atoms with van der Waals surface area (Å²) in [4.78, 5) is 32.8. The van der Waals surface area contributed by atoms with E-state index < -0.39 is 5.82 Å². The summed E-state index contributed by atoms with van der Waals surface area (Å²) in [6, 6.07) is 14.4. The van der Waals surface area contributed by atoms with E-state index in [-0.39, 0.29) is 34.3 Å². The van der Waals surface area contributed by atoms with Gasteiger partial charge in [0.15, 0.2) is 16.6 Å². The van der Waals surface area contributed by atoms with Gasteiger partial charge in [-0.25, -0.2) is 18.9 Å². The van der Waals surface area contributed by atoms with Gasteiger partial charge in [-0.1, -0.05) is 23.9 Å². The second-order valence-electron chi connectivity index (χ2n) is 6.42. The van der Waals surface area contributed by atoms with Crippen molar-refractivity contribution in [3.05, 3.63) is 70.8 Å². The van der Waals surface area contributed by atoms with Crippen molar-refractivity contribution in [2.75, 3.05) is 17.7 Å². The topological polar surface area (TPSA) is 101 Å². The molecular formula is C21H18FN5O3S. The molecule has 8 nitrogen and oxygen atoms in total. The van der Waals surface area contributed by atoms with Crippen LogP contribution in [0.25, 0.3) is 17.0 Å². The van der Waals surface area contributed by atoms with Crippen LogP contribution in [-0.4, -0.2) is 37.8 Å². The number of thioether (sulfide) groups is 1. The van der Waals surface area contributed by atoms with Crippen molar-refractivity contribution in [3.63, 3.8) is 0 Å². The molecule has 0 unspecified atom stereocenters. The number of carbonyl (C=O) groups is 1. The highest BCUT2D eigenvalue weighted by molar-refractivity contribution is 7.99. The molecule has 2 heterocycles. The monoisotopic (exact) mass is 439 g/mol. The molecule has 0 aliphatic rings. The molecule has 2 N–H and O–H groups in total. The van der Waals surface area contributed by atoms with Crippen LogP contribution in [0.15, 0.2) is 64.5 Å². The van der Waals surface area contributed by atoms with Gasteiger partial charge >= 0.3 is 0 Å². The molecular weight excluding hydrogens is 421 g/mol. The Kier molecular flexibility index (Phi) is 5.99. The van der Waals surface area contributed by atoms with Gasteiger partial charge in [0.05, 0.1) is 17.9 Å². The number of nitrogens with one attached hydrogen (secondary N) is 2. The SMILES string of the molecule is CCOc1ccc(NC(=O)CSc2nc(-c3ccccc3F)nc3cc(=O)[nH]n23)cc1. The number of fused-ring (bicyclic) bond motifs is 1. The van der Waals surface area contributed by atoms with Crippen LogP contribution in [0.5, 0.6) is 5.75 Å². The first kappa shape index (κ1) is 20.6. The van der Waals surface area contributed by atoms with Crippen LogP contribution in [0.2, 0.25) is 0 Å². The number of hydrogen-bond donors (Lipinski definition) is 2. The zero-order valence-electron chi connectivity index (χ0n) is 16.5. The minimum Gasteiger partial charge on any atom is -0.494 e. The molecule has 0 radical (unpaired) electrons. The molecule has 0 spiro atoms. The van der Waals surface area contributed by atoms with Crippen LogP contribution in [0.1, 0.15) is 6.92 Å². The lowest BCUT2D eigenvalue weighted by Crippen LogP contribution is -2.15. The van der Waals surface area contributed by atoms with Crippen molar-refractivity contribution in [1.82, 2.24) is 19.6 Å². The first-order valence-corrected chi connectivity index (χ1v) is 10.4. The highest BCUT2D eigenvalue weighted by Crippen LogP contribution is 2.24. The lowest BCUT2D eigenvalue weighted by molar-refractivity contribution is -0.113. The minimum atomic E-state index is -0.478. The lowest BCUT2D eigenvalue weighted by atomic mass is 10.2. The van der Waals surface area contributed by atoms with E-state index in [1.807, 2.05) is 6.92 Å². The number of aromatic amines is 1. The second kappa shape index (κ2) is 9.00. The van der Waals surface area contributed by atoms with Crippen molar-refractivity contribution < 1.29 is 13.9 Å². The Balaban J connectivity index is 1.54. The molecule has 158 valence electrons. The maximum Gasteiger partial charge on any atom is 0.266 e. The summed E-state index contributed by atoms with van der Waals surface area (Å²) in [6.07, 6.45) is 0. The van der Waals surface area contributed by atoms with E-state index in [9.17, 15) is 14.0 Å². The number of ether oxygens (including phenoxy) is 1. The first-order valence-electron chi connectivity index (χ1n) is 9.43. The van der Waals surface area contributed by atoms with Gasteiger partial charge in [0, 0.05) is 11.8 Å². The van der Waals surface area contributed by atoms with Gasteiger partial charge in [-0.3, -0.25) is 14.7 Å². The summed E-state index contributed by atoms with van der Waals surface area (Å²) in [5.41, 5.74) is 0.746. The Morgan fingerprint density at radius 1 is 1.19 bits per heavy atom. The van der Waals surface area contributed by atoms with Crippen LogP contribution in [0.3, 0.4) is 0 Å². The normalized spacial score (nSPS) is 10.9. The molecule has 4 rings (SSSR count). The van der Waals surface area contributed by atoms with Crippen molar-refractivity contribution in [2.45, 2.75) is 12.1 Å². The third-order valence-corrected chi connectivity index (χ3v) is 5.16. The summed E-state index contributed by atoms with van der Waals surface area (Å²) >= 11 is 1.10. The van der Waals surface area contributed by atoms with Crippen LogP contribution in [0, 0.1) is 5.82 Å². The summed E-state index contributed by atoms with van der Waals surface area (Å²) < 4.78 is 21.0. The fourth-order valence-corrected chi connectivity index (χ4v) is 3.62. The Hall–Kier alpha value is -3.66. The second-order valence-corrected chi connectivity index (χ2v) is 7.36. The molecule has 0 bridgehead atoms. The molecule has 4 aromatic rings. The van der Waals surface area contributed by atoms with Gasteiger partial charge in [0.1, 0.15) is 11.6 Å². The summed E-state index contributed by atoms with van der Waals surface area (Å²) in [6.45, 7) is 2.46. The number of aromatic nitrogens is 4. The number of amides is 1. The van der Waals surface area contributed by atoms with Crippen LogP contribution < -0.4 is 15.6 Å². The van der Waals surface area contributed by atoms with Gasteiger partial charge in [0.25, 0.3) is 5.56 Å². The minimum absolute atomic E-state index is 0.0241. The predicted molar refractivity (Wildman–Crippen MR) is 116 cm³/mol. The maximum absolute atomic E-state index is 14.2. The summed E-state index contributed by atoms with van der Waals surface area (Å²) in [5.74, 6) is 0.134. The first-order chi connectivity index (χ1) is 15.0. The van der Waals surface area contributed by atoms with E-state index in [0.29, 0.717) is 17.5 Å². The molecule has 0 atom stereocenters. The number of rotatable bonds is 7. The number of anilines is 1. The van der Waals surface area contributed by atoms with E-state index in [2.05, 4.69) is 20.4 Å². The molecule has 2 aromatic carbocycles. The lowest BCUT2D eigenvalue weighted by Gasteiger charge is -2.09. The van der Waals surface area contributed by atoms with E-state index in [1.54, 1.807) is 42.5 Å². The van der Waals surface area contributed by atoms with Gasteiger partial charge < -0.3 is 10.1 Å². The van der Waals surface area contributed by atoms with E-state index in [1.165, 1.54) is 16.6 Å². The summed E-state index contributed by atoms with van der Waals surface area (Å²) in [5, 5.41) is 5.69. The van der Waals surface area contributed by atoms with Crippen molar-refractivity contribution in [3.8, 4) is 17.1 Å². The average molecular weight is 439 g/mol. The molecule has 0 saturated carbocycles. The molecule has 0 aliphatic heterocycles. The van der Waals surface area contributed by atoms with Crippen molar-refractivity contribution in [2.24, 2.45) is 0 Å². The Morgan fingerprint density at radius 2 is 1.97 bits per heavy atom. The van der Waals surface area contributed by atoms with Gasteiger partial charge in [0.2, 0.25) is 5.91 Å². The molecule has 0 saturated heterocycles. The van der Waals surface area contributed by atoms with E-state index in [0.717, 1.165) is 17.5 Å². The quantitative estimate of drug-likeness (QED) is 0.428. The number of benzene rings is 2. The van der Waals surface area contributed by atoms with Crippen molar-refractivity contribution in [1.29, 1.82) is 0 Å². The number of H-pyrrole nitrogens is 1. The predicted octanol–water partition coefficient (Wildman–Crippen LogP) is 3.35. The zero-order valence-corrected chi connectivity index (χ0v) is 17.3. The van der Waals surface area contributed by atoms with Crippen LogP contribution in [-0.2, 0) is 4.79 Å². The number of nitrogens with zero attached hydrogens (tertiary/aromatic N) is 3. The van der Waals surface area contributed by atoms with Crippen LogP contribution in [0.4, 0.5) is 10.1 Å². The molecule has 0 fully saturated rings. The van der Waals surface area contributed by atoms with Crippen LogP contribution >= 0.6 is 11.8 Å². The highest BCUT2D eigenvalue weighted by atomic mass is 32.2. The van der Waals surface area contributed by atoms with Gasteiger partial charge in [-0.15, -0.1) is 0 Å². The molecule has 2 aromatic heterocycles. The average Bonchev–Trinajstić information content (AvgIpc) is 3.14. The molecule has 10 heteroatoms. The Morgan fingerprint density at radius 3 is 2.71 bits per heavy atom. The van der Waals surface area contributed by atoms with Gasteiger partial charge in [-0.05, 0) is 43.3 Å². The third kappa shape index (κ3) is 4.75. The Labute approximate surface area is 180 Å². The maximum atomic E-state index is 14.2. The largest absolute Gasteiger partial charge is 0.494 e. The number of hydrogen-bond acceptors (Lipinski definition) is 6.